The molecule has 0 radical (unpaired) electrons. The van der Waals surface area contributed by atoms with Crippen molar-refractivity contribution in [2.24, 2.45) is 0 Å². The van der Waals surface area contributed by atoms with Crippen molar-refractivity contribution >= 4 is 34.5 Å². The number of H-pyrrole nitrogens is 1. The van der Waals surface area contributed by atoms with E-state index in [2.05, 4.69) is 29.0 Å². The first-order chi connectivity index (χ1) is 20.1. The lowest BCUT2D eigenvalue weighted by atomic mass is 9.92. The van der Waals surface area contributed by atoms with E-state index in [1.165, 1.54) is 0 Å². The largest absolute Gasteiger partial charge is 0.493 e. The van der Waals surface area contributed by atoms with Gasteiger partial charge in [0.05, 0.1) is 29.9 Å². The van der Waals surface area contributed by atoms with Gasteiger partial charge < -0.3 is 23.9 Å². The molecule has 3 aromatic carbocycles. The van der Waals surface area contributed by atoms with Crippen LogP contribution in [-0.2, 0) is 38.8 Å². The third-order valence-corrected chi connectivity index (χ3v) is 8.53. The SMILES string of the molecule is C[C@@]1(OCc2ccccc2)[C@H](OCc2ccccc2)/C(=C\OCc2ccccc2)O[C@H]1c1scc2c(=S)nc[nH]c12. The fraction of sp³-hybridized carbons (Fsp3) is 0.212. The maximum atomic E-state index is 6.79. The van der Waals surface area contributed by atoms with Gasteiger partial charge in [-0.1, -0.05) is 103 Å². The average Bonchev–Trinajstić information content (AvgIpc) is 3.56. The summed E-state index contributed by atoms with van der Waals surface area (Å²) >= 11 is 7.08. The minimum atomic E-state index is -0.900. The summed E-state index contributed by atoms with van der Waals surface area (Å²) in [5.74, 6) is 0.576. The predicted octanol–water partition coefficient (Wildman–Crippen LogP) is 8.04. The van der Waals surface area contributed by atoms with Gasteiger partial charge in [0.1, 0.15) is 23.1 Å². The monoisotopic (exact) mass is 582 g/mol. The maximum absolute atomic E-state index is 6.79. The molecule has 0 amide bonds. The van der Waals surface area contributed by atoms with Crippen LogP contribution >= 0.6 is 23.6 Å². The summed E-state index contributed by atoms with van der Waals surface area (Å²) in [5, 5.41) is 2.90. The molecular formula is C33H30N2O4S2. The zero-order valence-electron chi connectivity index (χ0n) is 22.6. The number of aromatic nitrogens is 2. The van der Waals surface area contributed by atoms with Crippen molar-refractivity contribution in [2.45, 2.75) is 44.6 Å². The van der Waals surface area contributed by atoms with E-state index in [9.17, 15) is 0 Å². The molecule has 3 heterocycles. The summed E-state index contributed by atoms with van der Waals surface area (Å²) < 4.78 is 26.8. The zero-order valence-corrected chi connectivity index (χ0v) is 24.2. The van der Waals surface area contributed by atoms with Gasteiger partial charge in [0.15, 0.2) is 18.0 Å². The molecule has 2 aromatic heterocycles. The van der Waals surface area contributed by atoms with Crippen LogP contribution in [0.1, 0.15) is 34.6 Å². The lowest BCUT2D eigenvalue weighted by Gasteiger charge is -2.33. The highest BCUT2D eigenvalue weighted by Gasteiger charge is 2.56. The number of aromatic amines is 1. The quantitative estimate of drug-likeness (QED) is 0.133. The summed E-state index contributed by atoms with van der Waals surface area (Å²) in [7, 11) is 0. The molecule has 1 aliphatic heterocycles. The number of rotatable bonds is 10. The van der Waals surface area contributed by atoms with Crippen molar-refractivity contribution in [1.29, 1.82) is 0 Å². The molecule has 1 saturated heterocycles. The van der Waals surface area contributed by atoms with Gasteiger partial charge in [-0.3, -0.25) is 0 Å². The van der Waals surface area contributed by atoms with E-state index in [1.54, 1.807) is 23.9 Å². The molecule has 0 spiro atoms. The molecule has 1 aliphatic rings. The Balaban J connectivity index is 1.38. The van der Waals surface area contributed by atoms with E-state index in [4.69, 9.17) is 31.2 Å². The third kappa shape index (κ3) is 5.96. The van der Waals surface area contributed by atoms with Crippen molar-refractivity contribution in [3.05, 3.63) is 141 Å². The number of thiophene rings is 1. The Hall–Kier alpha value is -3.82. The Kier molecular flexibility index (Phi) is 8.25. The normalized spacial score (nSPS) is 21.2. The topological polar surface area (TPSA) is 65.6 Å². The molecule has 5 aromatic rings. The van der Waals surface area contributed by atoms with E-state index < -0.39 is 17.8 Å². The number of nitrogens with one attached hydrogen (secondary N) is 1. The number of hydrogen-bond acceptors (Lipinski definition) is 7. The van der Waals surface area contributed by atoms with Gasteiger partial charge in [-0.05, 0) is 23.6 Å². The molecule has 3 atom stereocenters. The first kappa shape index (κ1) is 27.4. The van der Waals surface area contributed by atoms with Gasteiger partial charge in [-0.25, -0.2) is 4.98 Å². The second-order valence-electron chi connectivity index (χ2n) is 10.0. The van der Waals surface area contributed by atoms with Crippen LogP contribution in [0.2, 0.25) is 0 Å². The second kappa shape index (κ2) is 12.4. The van der Waals surface area contributed by atoms with Crippen molar-refractivity contribution in [3.8, 4) is 0 Å². The fourth-order valence-electron chi connectivity index (χ4n) is 5.00. The number of hydrogen-bond donors (Lipinski definition) is 1. The summed E-state index contributed by atoms with van der Waals surface area (Å²) in [5.41, 5.74) is 3.17. The summed E-state index contributed by atoms with van der Waals surface area (Å²) in [6.07, 6.45) is 2.26. The number of nitrogens with zero attached hydrogens (tertiary/aromatic N) is 1. The Morgan fingerprint density at radius 2 is 1.51 bits per heavy atom. The van der Waals surface area contributed by atoms with Gasteiger partial charge in [-0.15, -0.1) is 11.3 Å². The van der Waals surface area contributed by atoms with Gasteiger partial charge in [-0.2, -0.15) is 0 Å². The highest BCUT2D eigenvalue weighted by Crippen LogP contribution is 2.51. The first-order valence-corrected chi connectivity index (χ1v) is 14.7. The fourth-order valence-corrected chi connectivity index (χ4v) is 6.45. The molecule has 1 fully saturated rings. The summed E-state index contributed by atoms with van der Waals surface area (Å²) in [6, 6.07) is 30.3. The molecule has 0 unspecified atom stereocenters. The molecule has 6 rings (SSSR count). The lowest BCUT2D eigenvalue weighted by molar-refractivity contribution is -0.142. The molecule has 8 heteroatoms. The Morgan fingerprint density at radius 3 is 2.17 bits per heavy atom. The van der Waals surface area contributed by atoms with E-state index in [0.717, 1.165) is 32.5 Å². The van der Waals surface area contributed by atoms with Crippen LogP contribution in [0, 0.1) is 4.64 Å². The van der Waals surface area contributed by atoms with Crippen molar-refractivity contribution < 1.29 is 18.9 Å². The van der Waals surface area contributed by atoms with E-state index >= 15 is 0 Å². The predicted molar refractivity (Wildman–Crippen MR) is 163 cm³/mol. The van der Waals surface area contributed by atoms with Gasteiger partial charge >= 0.3 is 0 Å². The van der Waals surface area contributed by atoms with Gasteiger partial charge in [0, 0.05) is 10.8 Å². The number of ether oxygens (including phenoxy) is 4. The summed E-state index contributed by atoms with van der Waals surface area (Å²) in [4.78, 5) is 8.51. The van der Waals surface area contributed by atoms with Gasteiger partial charge in [0.2, 0.25) is 0 Å². The van der Waals surface area contributed by atoms with Crippen LogP contribution in [0.3, 0.4) is 0 Å². The van der Waals surface area contributed by atoms with Crippen LogP contribution in [0.4, 0.5) is 0 Å². The Bertz CT molecular complexity index is 1670. The number of benzene rings is 3. The second-order valence-corrected chi connectivity index (χ2v) is 11.3. The highest BCUT2D eigenvalue weighted by atomic mass is 32.1. The lowest BCUT2D eigenvalue weighted by Crippen LogP contribution is -2.43. The Labute approximate surface area is 248 Å². The molecule has 208 valence electrons. The van der Waals surface area contributed by atoms with Crippen LogP contribution in [0.15, 0.2) is 115 Å². The zero-order chi connectivity index (χ0) is 28.1. The molecule has 41 heavy (non-hydrogen) atoms. The van der Waals surface area contributed by atoms with E-state index in [1.807, 2.05) is 84.2 Å². The minimum Gasteiger partial charge on any atom is -0.493 e. The van der Waals surface area contributed by atoms with Crippen LogP contribution in [0.25, 0.3) is 10.9 Å². The maximum Gasteiger partial charge on any atom is 0.166 e. The molecule has 0 saturated carbocycles. The standard InChI is InChI=1S/C33H30N2O4S2/c1-33(38-19-25-15-9-4-10-16-25)30(37-18-24-13-7-3-8-14-24)27(20-36-17-23-11-5-2-6-12-23)39-31(33)29-28-26(21-41-29)32(40)35-22-34-28/h2-16,20-22,30-31H,17-19H2,1H3,(H,34,35,40)/b27-20+/t30-,31+,33-/m1/s1. The van der Waals surface area contributed by atoms with Crippen LogP contribution in [0.5, 0.6) is 0 Å². The third-order valence-electron chi connectivity index (χ3n) is 7.18. The van der Waals surface area contributed by atoms with Gasteiger partial charge in [0.25, 0.3) is 0 Å². The molecule has 6 nitrogen and oxygen atoms in total. The first-order valence-electron chi connectivity index (χ1n) is 13.4. The Morgan fingerprint density at radius 1 is 0.902 bits per heavy atom. The molecular weight excluding hydrogens is 553 g/mol. The van der Waals surface area contributed by atoms with Crippen LogP contribution < -0.4 is 0 Å². The molecule has 0 aliphatic carbocycles. The summed E-state index contributed by atoms with van der Waals surface area (Å²) in [6.45, 7) is 3.24. The van der Waals surface area contributed by atoms with Crippen molar-refractivity contribution in [1.82, 2.24) is 9.97 Å². The van der Waals surface area contributed by atoms with Crippen LogP contribution in [-0.4, -0.2) is 21.7 Å². The van der Waals surface area contributed by atoms with E-state index in [-0.39, 0.29) is 0 Å². The molecule has 1 N–H and O–H groups in total. The van der Waals surface area contributed by atoms with Crippen molar-refractivity contribution in [3.63, 3.8) is 0 Å². The molecule has 0 bridgehead atoms. The highest BCUT2D eigenvalue weighted by molar-refractivity contribution is 7.71. The van der Waals surface area contributed by atoms with E-state index in [0.29, 0.717) is 30.2 Å². The van der Waals surface area contributed by atoms with Crippen molar-refractivity contribution in [2.75, 3.05) is 0 Å². The number of fused-ring (bicyclic) bond motifs is 1. The average molecular weight is 583 g/mol. The minimum absolute atomic E-state index is 0.388. The smallest absolute Gasteiger partial charge is 0.166 e.